The molecule has 1 atom stereocenters. The van der Waals surface area contributed by atoms with Gasteiger partial charge < -0.3 is 10.1 Å². The van der Waals surface area contributed by atoms with Crippen LogP contribution in [-0.4, -0.2) is 30.6 Å². The number of nitrogens with one attached hydrogen (secondary N) is 1. The van der Waals surface area contributed by atoms with Crippen LogP contribution in [0.3, 0.4) is 0 Å². The van der Waals surface area contributed by atoms with E-state index in [0.29, 0.717) is 17.3 Å². The highest BCUT2D eigenvalue weighted by Gasteiger charge is 2.21. The van der Waals surface area contributed by atoms with Crippen molar-refractivity contribution in [1.82, 2.24) is 10.3 Å². The minimum atomic E-state index is -0.163. The highest BCUT2D eigenvalue weighted by Crippen LogP contribution is 2.23. The molecular formula is C16H25ClN2O2. The summed E-state index contributed by atoms with van der Waals surface area (Å²) in [5.41, 5.74) is 1.17. The van der Waals surface area contributed by atoms with Gasteiger partial charge in [0.15, 0.2) is 0 Å². The Bertz CT molecular complexity index is 496. The summed E-state index contributed by atoms with van der Waals surface area (Å²) in [6.07, 6.45) is 0. The van der Waals surface area contributed by atoms with E-state index in [1.54, 1.807) is 19.2 Å². The zero-order chi connectivity index (χ0) is 16.2. The van der Waals surface area contributed by atoms with E-state index in [9.17, 15) is 4.79 Å². The largest absolute Gasteiger partial charge is 0.383 e. The van der Waals surface area contributed by atoms with Gasteiger partial charge in [-0.25, -0.2) is 4.98 Å². The summed E-state index contributed by atoms with van der Waals surface area (Å²) in [7, 11) is 1.63. The molecule has 5 heteroatoms. The topological polar surface area (TPSA) is 51.2 Å². The molecule has 1 aromatic heterocycles. The van der Waals surface area contributed by atoms with Crippen LogP contribution in [0.15, 0.2) is 12.1 Å². The monoisotopic (exact) mass is 312 g/mol. The maximum atomic E-state index is 12.4. The molecule has 1 aromatic rings. The lowest BCUT2D eigenvalue weighted by Crippen LogP contribution is -2.41. The molecule has 21 heavy (non-hydrogen) atoms. The molecule has 0 aromatic carbocycles. The third-order valence-corrected chi connectivity index (χ3v) is 3.49. The van der Waals surface area contributed by atoms with Gasteiger partial charge in [-0.1, -0.05) is 46.2 Å². The third kappa shape index (κ3) is 5.29. The highest BCUT2D eigenvalue weighted by molar-refractivity contribution is 6.29. The second-order valence-corrected chi connectivity index (χ2v) is 6.98. The number of methoxy groups -OCH3 is 1. The fraction of sp³-hybridized carbons (Fsp3) is 0.625. The molecule has 0 bridgehead atoms. The van der Waals surface area contributed by atoms with E-state index in [4.69, 9.17) is 16.3 Å². The lowest BCUT2D eigenvalue weighted by Gasteiger charge is -2.22. The van der Waals surface area contributed by atoms with Crippen molar-refractivity contribution in [3.8, 4) is 0 Å². The zero-order valence-corrected chi connectivity index (χ0v) is 14.4. The molecule has 4 nitrogen and oxygen atoms in total. The van der Waals surface area contributed by atoms with Crippen molar-refractivity contribution in [3.05, 3.63) is 28.5 Å². The number of carbonyl (C=O) groups is 1. The van der Waals surface area contributed by atoms with Gasteiger partial charge in [0.2, 0.25) is 0 Å². The number of halogens is 1. The lowest BCUT2D eigenvalue weighted by molar-refractivity contribution is 0.0866. The predicted octanol–water partition coefficient (Wildman–Crippen LogP) is 3.43. The fourth-order valence-corrected chi connectivity index (χ4v) is 2.05. The van der Waals surface area contributed by atoms with Gasteiger partial charge in [0.25, 0.3) is 5.91 Å². The van der Waals surface area contributed by atoms with Crippen molar-refractivity contribution in [1.29, 1.82) is 0 Å². The van der Waals surface area contributed by atoms with E-state index >= 15 is 0 Å². The van der Waals surface area contributed by atoms with Gasteiger partial charge in [-0.05, 0) is 18.1 Å². The van der Waals surface area contributed by atoms with E-state index in [2.05, 4.69) is 10.3 Å². The van der Waals surface area contributed by atoms with Crippen molar-refractivity contribution in [2.75, 3.05) is 13.7 Å². The maximum Gasteiger partial charge on any atom is 0.251 e. The van der Waals surface area contributed by atoms with E-state index in [-0.39, 0.29) is 23.3 Å². The Balaban J connectivity index is 2.99. The predicted molar refractivity (Wildman–Crippen MR) is 85.9 cm³/mol. The van der Waals surface area contributed by atoms with Crippen LogP contribution in [0.2, 0.25) is 5.15 Å². The highest BCUT2D eigenvalue weighted by atomic mass is 35.5. The molecule has 0 aliphatic rings. The Hall–Kier alpha value is -1.13. The van der Waals surface area contributed by atoms with Gasteiger partial charge in [-0.15, -0.1) is 0 Å². The van der Waals surface area contributed by atoms with Gasteiger partial charge in [-0.2, -0.15) is 0 Å². The Morgan fingerprint density at radius 2 is 2.00 bits per heavy atom. The number of aromatic nitrogens is 1. The van der Waals surface area contributed by atoms with Crippen molar-refractivity contribution in [2.24, 2.45) is 5.92 Å². The summed E-state index contributed by atoms with van der Waals surface area (Å²) < 4.78 is 5.15. The molecule has 0 spiro atoms. The zero-order valence-electron chi connectivity index (χ0n) is 13.7. The van der Waals surface area contributed by atoms with Gasteiger partial charge in [0.05, 0.1) is 12.6 Å². The number of rotatable bonds is 5. The first kappa shape index (κ1) is 17.9. The molecular weight excluding hydrogens is 288 g/mol. The van der Waals surface area contributed by atoms with Crippen LogP contribution >= 0.6 is 11.6 Å². The van der Waals surface area contributed by atoms with Crippen LogP contribution < -0.4 is 5.32 Å². The normalized spacial score (nSPS) is 13.3. The van der Waals surface area contributed by atoms with E-state index in [1.807, 2.05) is 34.6 Å². The average Bonchev–Trinajstić information content (AvgIpc) is 2.36. The average molecular weight is 313 g/mol. The van der Waals surface area contributed by atoms with Gasteiger partial charge >= 0.3 is 0 Å². The van der Waals surface area contributed by atoms with Crippen LogP contribution in [0.25, 0.3) is 0 Å². The molecule has 0 aliphatic carbocycles. The first-order valence-corrected chi connectivity index (χ1v) is 7.50. The number of pyridine rings is 1. The van der Waals surface area contributed by atoms with E-state index in [0.717, 1.165) is 5.69 Å². The van der Waals surface area contributed by atoms with E-state index in [1.165, 1.54) is 0 Å². The number of hydrogen-bond acceptors (Lipinski definition) is 3. The fourth-order valence-electron chi connectivity index (χ4n) is 1.84. The molecule has 1 heterocycles. The summed E-state index contributed by atoms with van der Waals surface area (Å²) in [4.78, 5) is 16.7. The minimum Gasteiger partial charge on any atom is -0.383 e. The second kappa shape index (κ2) is 7.23. The molecule has 1 N–H and O–H groups in total. The SMILES string of the molecule is COCC(NC(=O)c1cc(Cl)nc(C(C)(C)C)c1)C(C)C. The lowest BCUT2D eigenvalue weighted by atomic mass is 9.90. The van der Waals surface area contributed by atoms with Crippen molar-refractivity contribution >= 4 is 17.5 Å². The molecule has 118 valence electrons. The summed E-state index contributed by atoms with van der Waals surface area (Å²) in [6.45, 7) is 10.7. The molecule has 0 fully saturated rings. The minimum absolute atomic E-state index is 0.0347. The quantitative estimate of drug-likeness (QED) is 0.847. The molecule has 1 unspecified atom stereocenters. The summed E-state index contributed by atoms with van der Waals surface area (Å²) in [5.74, 6) is 0.133. The standard InChI is InChI=1S/C16H25ClN2O2/c1-10(2)12(9-21-6)18-15(20)11-7-13(16(3,4)5)19-14(17)8-11/h7-8,10,12H,9H2,1-6H3,(H,18,20). The number of ether oxygens (including phenoxy) is 1. The Labute approximate surface area is 132 Å². The van der Waals surface area contributed by atoms with Crippen molar-refractivity contribution < 1.29 is 9.53 Å². The van der Waals surface area contributed by atoms with Crippen LogP contribution in [0.5, 0.6) is 0 Å². The maximum absolute atomic E-state index is 12.4. The molecule has 1 rings (SSSR count). The van der Waals surface area contributed by atoms with Gasteiger partial charge in [-0.3, -0.25) is 4.79 Å². The Morgan fingerprint density at radius 1 is 1.38 bits per heavy atom. The van der Waals surface area contributed by atoms with Crippen LogP contribution in [0.4, 0.5) is 0 Å². The summed E-state index contributed by atoms with van der Waals surface area (Å²) in [6, 6.07) is 3.36. The first-order chi connectivity index (χ1) is 9.65. The van der Waals surface area contributed by atoms with Crippen LogP contribution in [0.1, 0.15) is 50.7 Å². The van der Waals surface area contributed by atoms with Crippen molar-refractivity contribution in [3.63, 3.8) is 0 Å². The van der Waals surface area contributed by atoms with Gasteiger partial charge in [0, 0.05) is 23.8 Å². The van der Waals surface area contributed by atoms with Crippen LogP contribution in [-0.2, 0) is 10.2 Å². The molecule has 0 saturated heterocycles. The number of amides is 1. The second-order valence-electron chi connectivity index (χ2n) is 6.59. The summed E-state index contributed by atoms with van der Waals surface area (Å²) in [5, 5.41) is 3.32. The van der Waals surface area contributed by atoms with E-state index < -0.39 is 0 Å². The smallest absolute Gasteiger partial charge is 0.251 e. The molecule has 0 saturated carbocycles. The summed E-state index contributed by atoms with van der Waals surface area (Å²) >= 11 is 6.04. The number of nitrogens with zero attached hydrogens (tertiary/aromatic N) is 1. The molecule has 0 aliphatic heterocycles. The van der Waals surface area contributed by atoms with Crippen LogP contribution in [0, 0.1) is 5.92 Å². The third-order valence-electron chi connectivity index (χ3n) is 3.29. The molecule has 0 radical (unpaired) electrons. The van der Waals surface area contributed by atoms with Gasteiger partial charge in [0.1, 0.15) is 5.15 Å². The van der Waals surface area contributed by atoms with Crippen molar-refractivity contribution in [2.45, 2.75) is 46.1 Å². The molecule has 1 amide bonds. The Morgan fingerprint density at radius 3 is 2.48 bits per heavy atom. The first-order valence-electron chi connectivity index (χ1n) is 7.13. The Kier molecular flexibility index (Phi) is 6.17. The number of hydrogen-bond donors (Lipinski definition) is 1. The number of carbonyl (C=O) groups excluding carboxylic acids is 1.